The standard InChI is InChI=1S/C34H40ClNO3/c1-8-32(38)39-30-18-21(2)17-23(4)33(30)34(5,6)20-31(37)36(7)29-16-15-25(26-11-9-10-12-27(26)29)24-14-13-22(3)28(35)19-24/h9-14,17-19,25,29H,8,15-16,20H2,1-7H3/t25-,29-/m0/s1. The van der Waals surface area contributed by atoms with E-state index in [0.29, 0.717) is 18.6 Å². The molecular formula is C34H40ClNO3. The molecule has 4 rings (SSSR count). The maximum absolute atomic E-state index is 13.8. The highest BCUT2D eigenvalue weighted by Gasteiger charge is 2.36. The summed E-state index contributed by atoms with van der Waals surface area (Å²) in [6.45, 7) is 11.9. The first-order chi connectivity index (χ1) is 18.4. The Morgan fingerprint density at radius 3 is 2.33 bits per heavy atom. The Morgan fingerprint density at radius 2 is 1.67 bits per heavy atom. The quantitative estimate of drug-likeness (QED) is 0.221. The molecule has 0 aromatic heterocycles. The first-order valence-corrected chi connectivity index (χ1v) is 14.2. The van der Waals surface area contributed by atoms with Crippen LogP contribution < -0.4 is 4.74 Å². The fourth-order valence-electron chi connectivity index (χ4n) is 6.18. The molecule has 39 heavy (non-hydrogen) atoms. The zero-order valence-electron chi connectivity index (χ0n) is 24.2. The minimum absolute atomic E-state index is 0.00169. The van der Waals surface area contributed by atoms with Crippen LogP contribution in [0.1, 0.15) is 97.4 Å². The Kier molecular flexibility index (Phi) is 8.56. The number of carbonyl (C=O) groups excluding carboxylic acids is 2. The van der Waals surface area contributed by atoms with Gasteiger partial charge >= 0.3 is 5.97 Å². The van der Waals surface area contributed by atoms with Crippen molar-refractivity contribution in [1.29, 1.82) is 0 Å². The Labute approximate surface area is 238 Å². The first kappa shape index (κ1) is 28.9. The van der Waals surface area contributed by atoms with Gasteiger partial charge in [-0.05, 0) is 79.1 Å². The number of amides is 1. The molecule has 1 aliphatic rings. The van der Waals surface area contributed by atoms with Crippen molar-refractivity contribution >= 4 is 23.5 Å². The normalized spacial score (nSPS) is 16.9. The summed E-state index contributed by atoms with van der Waals surface area (Å²) in [5, 5.41) is 0.789. The van der Waals surface area contributed by atoms with Crippen molar-refractivity contribution in [3.63, 3.8) is 0 Å². The SMILES string of the molecule is CCC(=O)Oc1cc(C)cc(C)c1C(C)(C)CC(=O)N(C)[C@H]1CC[C@@H](c2ccc(C)c(Cl)c2)c2ccccc21. The van der Waals surface area contributed by atoms with Crippen molar-refractivity contribution in [2.45, 2.75) is 84.6 Å². The molecule has 206 valence electrons. The lowest BCUT2D eigenvalue weighted by Gasteiger charge is -2.38. The van der Waals surface area contributed by atoms with Gasteiger partial charge in [-0.1, -0.05) is 74.8 Å². The maximum atomic E-state index is 13.8. The Hall–Kier alpha value is -3.11. The molecule has 0 bridgehead atoms. The van der Waals surface area contributed by atoms with Crippen LogP contribution in [0.25, 0.3) is 0 Å². The molecule has 0 fully saturated rings. The van der Waals surface area contributed by atoms with Gasteiger partial charge in [-0.25, -0.2) is 0 Å². The number of benzene rings is 3. The van der Waals surface area contributed by atoms with Crippen LogP contribution in [0.3, 0.4) is 0 Å². The number of fused-ring (bicyclic) bond motifs is 1. The fraction of sp³-hybridized carbons (Fsp3) is 0.412. The Morgan fingerprint density at radius 1 is 0.974 bits per heavy atom. The van der Waals surface area contributed by atoms with Crippen LogP contribution in [-0.4, -0.2) is 23.8 Å². The van der Waals surface area contributed by atoms with E-state index >= 15 is 0 Å². The lowest BCUT2D eigenvalue weighted by Crippen LogP contribution is -2.37. The molecule has 4 nitrogen and oxygen atoms in total. The van der Waals surface area contributed by atoms with Crippen molar-refractivity contribution in [3.8, 4) is 5.75 Å². The van der Waals surface area contributed by atoms with Gasteiger partial charge in [0.15, 0.2) is 0 Å². The molecule has 1 aliphatic carbocycles. The monoisotopic (exact) mass is 545 g/mol. The van der Waals surface area contributed by atoms with Gasteiger partial charge in [0, 0.05) is 41.8 Å². The van der Waals surface area contributed by atoms with Crippen LogP contribution in [0.2, 0.25) is 5.02 Å². The molecule has 0 saturated heterocycles. The number of nitrogens with zero attached hydrogens (tertiary/aromatic N) is 1. The molecule has 0 unspecified atom stereocenters. The van der Waals surface area contributed by atoms with Crippen molar-refractivity contribution < 1.29 is 14.3 Å². The van der Waals surface area contributed by atoms with E-state index in [-0.39, 0.29) is 23.8 Å². The van der Waals surface area contributed by atoms with Crippen LogP contribution in [0.15, 0.2) is 54.6 Å². The molecule has 0 aliphatic heterocycles. The summed E-state index contributed by atoms with van der Waals surface area (Å²) < 4.78 is 5.74. The van der Waals surface area contributed by atoms with E-state index in [9.17, 15) is 9.59 Å². The van der Waals surface area contributed by atoms with E-state index in [0.717, 1.165) is 40.1 Å². The van der Waals surface area contributed by atoms with Crippen molar-refractivity contribution in [3.05, 3.63) is 98.6 Å². The lowest BCUT2D eigenvalue weighted by molar-refractivity contribution is -0.134. The van der Waals surface area contributed by atoms with E-state index in [4.69, 9.17) is 16.3 Å². The topological polar surface area (TPSA) is 46.6 Å². The molecule has 5 heteroatoms. The summed E-state index contributed by atoms with van der Waals surface area (Å²) >= 11 is 6.48. The summed E-state index contributed by atoms with van der Waals surface area (Å²) in [7, 11) is 1.92. The van der Waals surface area contributed by atoms with Crippen molar-refractivity contribution in [2.24, 2.45) is 0 Å². The molecule has 0 radical (unpaired) electrons. The average molecular weight is 546 g/mol. The second kappa shape index (κ2) is 11.6. The number of esters is 1. The summed E-state index contributed by atoms with van der Waals surface area (Å²) in [6, 6.07) is 18.8. The van der Waals surface area contributed by atoms with Crippen molar-refractivity contribution in [1.82, 2.24) is 4.90 Å². The fourth-order valence-corrected chi connectivity index (χ4v) is 6.37. The van der Waals surface area contributed by atoms with E-state index in [1.807, 2.05) is 38.8 Å². The van der Waals surface area contributed by atoms with E-state index in [1.165, 1.54) is 16.7 Å². The third-order valence-corrected chi connectivity index (χ3v) is 8.55. The van der Waals surface area contributed by atoms with Gasteiger partial charge in [-0.15, -0.1) is 0 Å². The van der Waals surface area contributed by atoms with E-state index in [2.05, 4.69) is 62.4 Å². The Bertz CT molecular complexity index is 1390. The smallest absolute Gasteiger partial charge is 0.310 e. The zero-order chi connectivity index (χ0) is 28.5. The minimum atomic E-state index is -0.526. The van der Waals surface area contributed by atoms with Gasteiger partial charge in [0.05, 0.1) is 6.04 Å². The second-order valence-electron chi connectivity index (χ2n) is 11.6. The van der Waals surface area contributed by atoms with Gasteiger partial charge < -0.3 is 9.64 Å². The molecule has 2 atom stereocenters. The molecule has 0 N–H and O–H groups in total. The van der Waals surface area contributed by atoms with Crippen LogP contribution in [-0.2, 0) is 15.0 Å². The highest BCUT2D eigenvalue weighted by Crippen LogP contribution is 2.45. The highest BCUT2D eigenvalue weighted by molar-refractivity contribution is 6.31. The van der Waals surface area contributed by atoms with Crippen LogP contribution in [0, 0.1) is 20.8 Å². The minimum Gasteiger partial charge on any atom is -0.426 e. The first-order valence-electron chi connectivity index (χ1n) is 13.9. The average Bonchev–Trinajstić information content (AvgIpc) is 2.88. The molecule has 0 spiro atoms. The van der Waals surface area contributed by atoms with Crippen LogP contribution in [0.4, 0.5) is 0 Å². The lowest BCUT2D eigenvalue weighted by atomic mass is 9.75. The number of rotatable bonds is 7. The molecule has 3 aromatic carbocycles. The van der Waals surface area contributed by atoms with Gasteiger partial charge in [0.2, 0.25) is 5.91 Å². The third-order valence-electron chi connectivity index (χ3n) is 8.14. The number of aryl methyl sites for hydroxylation is 3. The predicted octanol–water partition coefficient (Wildman–Crippen LogP) is 8.37. The molecule has 3 aromatic rings. The molecule has 0 saturated carbocycles. The van der Waals surface area contributed by atoms with E-state index < -0.39 is 5.41 Å². The summed E-state index contributed by atoms with van der Waals surface area (Å²) in [4.78, 5) is 28.0. The molecular weight excluding hydrogens is 506 g/mol. The number of ether oxygens (including phenoxy) is 1. The number of hydrogen-bond donors (Lipinski definition) is 0. The molecule has 1 amide bonds. The van der Waals surface area contributed by atoms with E-state index in [1.54, 1.807) is 6.92 Å². The third kappa shape index (κ3) is 6.06. The van der Waals surface area contributed by atoms with Crippen LogP contribution >= 0.6 is 11.6 Å². The van der Waals surface area contributed by atoms with Gasteiger partial charge in [-0.2, -0.15) is 0 Å². The molecule has 0 heterocycles. The largest absolute Gasteiger partial charge is 0.426 e. The van der Waals surface area contributed by atoms with Gasteiger partial charge in [0.25, 0.3) is 0 Å². The summed E-state index contributed by atoms with van der Waals surface area (Å²) in [5.74, 6) is 0.608. The highest BCUT2D eigenvalue weighted by atomic mass is 35.5. The zero-order valence-corrected chi connectivity index (χ0v) is 25.0. The van der Waals surface area contributed by atoms with Gasteiger partial charge in [0.1, 0.15) is 5.75 Å². The maximum Gasteiger partial charge on any atom is 0.310 e. The van der Waals surface area contributed by atoms with Gasteiger partial charge in [-0.3, -0.25) is 9.59 Å². The Balaban J connectivity index is 1.61. The predicted molar refractivity (Wildman–Crippen MR) is 159 cm³/mol. The van der Waals surface area contributed by atoms with Crippen molar-refractivity contribution in [2.75, 3.05) is 7.05 Å². The number of hydrogen-bond acceptors (Lipinski definition) is 3. The summed E-state index contributed by atoms with van der Waals surface area (Å²) in [6.07, 6.45) is 2.42. The number of halogens is 1. The summed E-state index contributed by atoms with van der Waals surface area (Å²) in [5.41, 5.74) is 7.19. The second-order valence-corrected chi connectivity index (χ2v) is 12.0. The number of carbonyl (C=O) groups is 2. The van der Waals surface area contributed by atoms with Crippen LogP contribution in [0.5, 0.6) is 5.75 Å².